The highest BCUT2D eigenvalue weighted by atomic mass is 16.5. The van der Waals surface area contributed by atoms with Crippen molar-refractivity contribution < 1.29 is 19.0 Å². The van der Waals surface area contributed by atoms with Crippen LogP contribution in [0.5, 0.6) is 5.88 Å². The van der Waals surface area contributed by atoms with Gasteiger partial charge in [-0.2, -0.15) is 0 Å². The zero-order chi connectivity index (χ0) is 16.6. The second-order valence-electron chi connectivity index (χ2n) is 5.07. The summed E-state index contributed by atoms with van der Waals surface area (Å²) in [5.74, 6) is 0.326. The maximum atomic E-state index is 12.3. The number of carbonyl (C=O) groups excluding carboxylic acids is 1. The summed E-state index contributed by atoms with van der Waals surface area (Å²) in [5, 5.41) is 2.85. The van der Waals surface area contributed by atoms with Gasteiger partial charge in [-0.3, -0.25) is 4.79 Å². The Balaban J connectivity index is 2.68. The minimum absolute atomic E-state index is 0.188. The van der Waals surface area contributed by atoms with Gasteiger partial charge in [-0.05, 0) is 33.3 Å². The molecule has 1 heterocycles. The van der Waals surface area contributed by atoms with Crippen LogP contribution in [0, 0.1) is 6.92 Å². The molecule has 0 aliphatic heterocycles. The average molecular weight is 310 g/mol. The lowest BCUT2D eigenvalue weighted by Gasteiger charge is -2.25. The first-order chi connectivity index (χ1) is 10.5. The number of nitrogens with zero attached hydrogens (tertiary/aromatic N) is 1. The maximum Gasteiger partial charge on any atom is 0.256 e. The third-order valence-corrected chi connectivity index (χ3v) is 3.60. The number of ether oxygens (including phenoxy) is 3. The van der Waals surface area contributed by atoms with Gasteiger partial charge in [0.05, 0.1) is 18.0 Å². The first-order valence-corrected chi connectivity index (χ1v) is 7.51. The van der Waals surface area contributed by atoms with E-state index in [-0.39, 0.29) is 5.91 Å². The molecule has 6 nitrogen and oxygen atoms in total. The summed E-state index contributed by atoms with van der Waals surface area (Å²) in [4.78, 5) is 16.6. The standard InChI is InChI=1S/C16H26N2O4/c1-6-16(4,20-5)15(19)18-13-8-9-14(17-12(13)3)22-11-10-21-7-2/h8-9H,6-7,10-11H2,1-5H3,(H,18,19)/t16-/m0/s1. The molecule has 0 aliphatic carbocycles. The number of aryl methyl sites for hydroxylation is 1. The predicted octanol–water partition coefficient (Wildman–Crippen LogP) is 2.56. The van der Waals surface area contributed by atoms with Crippen LogP contribution in [0.3, 0.4) is 0 Å². The quantitative estimate of drug-likeness (QED) is 0.710. The maximum absolute atomic E-state index is 12.3. The molecule has 0 aromatic carbocycles. The molecule has 1 aromatic heterocycles. The van der Waals surface area contributed by atoms with Crippen molar-refractivity contribution in [2.45, 2.75) is 39.7 Å². The molecular formula is C16H26N2O4. The highest BCUT2D eigenvalue weighted by Gasteiger charge is 2.31. The number of methoxy groups -OCH3 is 1. The second kappa shape index (κ2) is 8.70. The van der Waals surface area contributed by atoms with Crippen LogP contribution in [0.25, 0.3) is 0 Å². The van der Waals surface area contributed by atoms with Crippen molar-refractivity contribution in [1.82, 2.24) is 4.98 Å². The number of carbonyl (C=O) groups is 1. The van der Waals surface area contributed by atoms with Crippen molar-refractivity contribution >= 4 is 11.6 Å². The monoisotopic (exact) mass is 310 g/mol. The summed E-state index contributed by atoms with van der Waals surface area (Å²) < 4.78 is 16.0. The van der Waals surface area contributed by atoms with E-state index in [0.29, 0.717) is 43.5 Å². The third kappa shape index (κ3) is 4.96. The van der Waals surface area contributed by atoms with Crippen LogP contribution in [0.1, 0.15) is 32.9 Å². The van der Waals surface area contributed by atoms with Gasteiger partial charge in [-0.25, -0.2) is 4.98 Å². The lowest BCUT2D eigenvalue weighted by atomic mass is 10.0. The van der Waals surface area contributed by atoms with Crippen molar-refractivity contribution in [3.05, 3.63) is 17.8 Å². The van der Waals surface area contributed by atoms with Crippen molar-refractivity contribution in [3.8, 4) is 5.88 Å². The average Bonchev–Trinajstić information content (AvgIpc) is 2.53. The van der Waals surface area contributed by atoms with E-state index in [1.807, 2.05) is 20.8 Å². The predicted molar refractivity (Wildman–Crippen MR) is 85.3 cm³/mol. The van der Waals surface area contributed by atoms with Gasteiger partial charge in [0.2, 0.25) is 5.88 Å². The Morgan fingerprint density at radius 1 is 1.32 bits per heavy atom. The Morgan fingerprint density at radius 2 is 2.05 bits per heavy atom. The first kappa shape index (κ1) is 18.4. The summed E-state index contributed by atoms with van der Waals surface area (Å²) in [6.45, 7) is 9.06. The smallest absolute Gasteiger partial charge is 0.256 e. The molecule has 0 saturated heterocycles. The lowest BCUT2D eigenvalue weighted by molar-refractivity contribution is -0.136. The lowest BCUT2D eigenvalue weighted by Crippen LogP contribution is -2.41. The van der Waals surface area contributed by atoms with Gasteiger partial charge in [0.15, 0.2) is 0 Å². The number of amides is 1. The van der Waals surface area contributed by atoms with E-state index < -0.39 is 5.60 Å². The van der Waals surface area contributed by atoms with E-state index in [0.717, 1.165) is 0 Å². The molecule has 1 amide bonds. The Hall–Kier alpha value is -1.66. The molecule has 0 spiro atoms. The molecule has 1 aromatic rings. The van der Waals surface area contributed by atoms with Crippen molar-refractivity contribution in [1.29, 1.82) is 0 Å². The molecule has 1 rings (SSSR count). The van der Waals surface area contributed by atoms with Gasteiger partial charge in [0, 0.05) is 19.8 Å². The Morgan fingerprint density at radius 3 is 2.59 bits per heavy atom. The number of rotatable bonds is 9. The summed E-state index contributed by atoms with van der Waals surface area (Å²) >= 11 is 0. The molecule has 0 saturated carbocycles. The fraction of sp³-hybridized carbons (Fsp3) is 0.625. The Labute approximate surface area is 132 Å². The molecular weight excluding hydrogens is 284 g/mol. The highest BCUT2D eigenvalue weighted by molar-refractivity contribution is 5.97. The van der Waals surface area contributed by atoms with Crippen LogP contribution in [-0.4, -0.2) is 43.4 Å². The summed E-state index contributed by atoms with van der Waals surface area (Å²) in [6.07, 6.45) is 0.584. The summed E-state index contributed by atoms with van der Waals surface area (Å²) in [5.41, 5.74) is 0.495. The van der Waals surface area contributed by atoms with Crippen molar-refractivity contribution in [3.63, 3.8) is 0 Å². The number of pyridine rings is 1. The first-order valence-electron chi connectivity index (χ1n) is 7.51. The van der Waals surface area contributed by atoms with Gasteiger partial charge in [0.25, 0.3) is 5.91 Å². The summed E-state index contributed by atoms with van der Waals surface area (Å²) in [6, 6.07) is 3.51. The van der Waals surface area contributed by atoms with Crippen LogP contribution in [-0.2, 0) is 14.3 Å². The zero-order valence-electron chi connectivity index (χ0n) is 14.1. The molecule has 1 atom stereocenters. The largest absolute Gasteiger partial charge is 0.475 e. The molecule has 124 valence electrons. The number of hydrogen-bond acceptors (Lipinski definition) is 5. The minimum atomic E-state index is -0.848. The van der Waals surface area contributed by atoms with Crippen molar-refractivity contribution in [2.24, 2.45) is 0 Å². The van der Waals surface area contributed by atoms with Crippen LogP contribution in [0.4, 0.5) is 5.69 Å². The SMILES string of the molecule is CCOCCOc1ccc(NC(=O)[C@](C)(CC)OC)c(C)n1. The molecule has 1 N–H and O–H groups in total. The van der Waals surface area contributed by atoms with Gasteiger partial charge >= 0.3 is 0 Å². The molecule has 0 aliphatic rings. The molecule has 6 heteroatoms. The fourth-order valence-corrected chi connectivity index (χ4v) is 1.75. The van der Waals surface area contributed by atoms with E-state index in [1.165, 1.54) is 7.11 Å². The minimum Gasteiger partial charge on any atom is -0.475 e. The number of hydrogen-bond donors (Lipinski definition) is 1. The van der Waals surface area contributed by atoms with E-state index in [2.05, 4.69) is 10.3 Å². The van der Waals surface area contributed by atoms with Gasteiger partial charge in [-0.15, -0.1) is 0 Å². The van der Waals surface area contributed by atoms with Crippen LogP contribution >= 0.6 is 0 Å². The fourth-order valence-electron chi connectivity index (χ4n) is 1.75. The number of aromatic nitrogens is 1. The Kier molecular flexibility index (Phi) is 7.27. The second-order valence-corrected chi connectivity index (χ2v) is 5.07. The molecule has 0 unspecified atom stereocenters. The summed E-state index contributed by atoms with van der Waals surface area (Å²) in [7, 11) is 1.53. The van der Waals surface area contributed by atoms with Gasteiger partial charge in [-0.1, -0.05) is 6.92 Å². The molecule has 22 heavy (non-hydrogen) atoms. The molecule has 0 bridgehead atoms. The van der Waals surface area contributed by atoms with E-state index in [4.69, 9.17) is 14.2 Å². The van der Waals surface area contributed by atoms with Gasteiger partial charge < -0.3 is 19.5 Å². The van der Waals surface area contributed by atoms with Crippen molar-refractivity contribution in [2.75, 3.05) is 32.2 Å². The molecule has 0 radical (unpaired) electrons. The zero-order valence-corrected chi connectivity index (χ0v) is 14.1. The highest BCUT2D eigenvalue weighted by Crippen LogP contribution is 2.21. The van der Waals surface area contributed by atoms with E-state index in [9.17, 15) is 4.79 Å². The normalized spacial score (nSPS) is 13.5. The van der Waals surface area contributed by atoms with E-state index in [1.54, 1.807) is 19.1 Å². The van der Waals surface area contributed by atoms with Gasteiger partial charge in [0.1, 0.15) is 12.2 Å². The van der Waals surface area contributed by atoms with Crippen LogP contribution < -0.4 is 10.1 Å². The number of anilines is 1. The number of nitrogens with one attached hydrogen (secondary N) is 1. The van der Waals surface area contributed by atoms with Crippen LogP contribution in [0.2, 0.25) is 0 Å². The van der Waals surface area contributed by atoms with E-state index >= 15 is 0 Å². The third-order valence-electron chi connectivity index (χ3n) is 3.60. The Bertz CT molecular complexity index is 487. The van der Waals surface area contributed by atoms with Crippen LogP contribution in [0.15, 0.2) is 12.1 Å². The molecule has 0 fully saturated rings. The topological polar surface area (TPSA) is 69.7 Å².